The first-order chi connectivity index (χ1) is 15.9. The van der Waals surface area contributed by atoms with Crippen LogP contribution in [0.1, 0.15) is 35.2 Å². The van der Waals surface area contributed by atoms with Gasteiger partial charge in [-0.2, -0.15) is 5.10 Å². The zero-order valence-electron chi connectivity index (χ0n) is 19.9. The Morgan fingerprint density at radius 3 is 2.42 bits per heavy atom. The first kappa shape index (κ1) is 23.5. The molecule has 33 heavy (non-hydrogen) atoms. The molecular weight excluding hydrogens is 415 g/mol. The van der Waals surface area contributed by atoms with Gasteiger partial charge >= 0.3 is 0 Å². The molecule has 5 nitrogen and oxygen atoms in total. The molecule has 2 heterocycles. The van der Waals surface area contributed by atoms with Gasteiger partial charge in [-0.25, -0.2) is 4.39 Å². The highest BCUT2D eigenvalue weighted by Gasteiger charge is 2.30. The number of likely N-dealkylation sites (tertiary alicyclic amines) is 1. The molecular formula is C27H35FN4O. The maximum atomic E-state index is 14.5. The Morgan fingerprint density at radius 2 is 1.79 bits per heavy atom. The number of piperidine rings is 1. The third-order valence-electron chi connectivity index (χ3n) is 7.01. The Morgan fingerprint density at radius 1 is 1.09 bits per heavy atom. The molecule has 0 amide bonds. The molecule has 0 saturated carbocycles. The molecule has 1 fully saturated rings. The molecule has 1 aromatic heterocycles. The summed E-state index contributed by atoms with van der Waals surface area (Å²) in [4.78, 5) is 4.88. The monoisotopic (exact) mass is 450 g/mol. The minimum absolute atomic E-state index is 0.113. The molecule has 1 aliphatic rings. The van der Waals surface area contributed by atoms with Crippen molar-refractivity contribution in [1.29, 1.82) is 0 Å². The molecule has 1 aliphatic heterocycles. The van der Waals surface area contributed by atoms with Crippen molar-refractivity contribution in [2.75, 3.05) is 20.1 Å². The first-order valence-corrected chi connectivity index (χ1v) is 11.8. The van der Waals surface area contributed by atoms with Gasteiger partial charge in [0.05, 0.1) is 5.69 Å². The number of benzene rings is 2. The van der Waals surface area contributed by atoms with Crippen LogP contribution in [0.2, 0.25) is 0 Å². The molecule has 1 N–H and O–H groups in total. The number of likely N-dealkylation sites (N-methyl/N-ethyl adjacent to an activating group) is 1. The van der Waals surface area contributed by atoms with Crippen molar-refractivity contribution >= 4 is 0 Å². The standard InChI is InChI=1S/C27H35FN4O/c1-20-24(19-31(3)29-20)18-30(2)27(16-23-6-4-5-7-26(23)28)22-12-14-32(15-13-22)17-21-8-10-25(33)11-9-21/h4-11,19,22,27,33H,12-18H2,1-3H3/t27-/m1/s1. The lowest BCUT2D eigenvalue weighted by atomic mass is 9.84. The van der Waals surface area contributed by atoms with Gasteiger partial charge in [-0.3, -0.25) is 14.5 Å². The van der Waals surface area contributed by atoms with Gasteiger partial charge in [-0.05, 0) is 81.6 Å². The zero-order chi connectivity index (χ0) is 23.4. The van der Waals surface area contributed by atoms with E-state index in [1.54, 1.807) is 24.3 Å². The van der Waals surface area contributed by atoms with Crippen LogP contribution in [0.15, 0.2) is 54.7 Å². The Labute approximate surface area is 196 Å². The second-order valence-electron chi connectivity index (χ2n) is 9.47. The highest BCUT2D eigenvalue weighted by atomic mass is 19.1. The second kappa shape index (κ2) is 10.5. The van der Waals surface area contributed by atoms with E-state index in [-0.39, 0.29) is 11.9 Å². The van der Waals surface area contributed by atoms with E-state index in [1.165, 1.54) is 11.1 Å². The molecule has 2 aromatic carbocycles. The van der Waals surface area contributed by atoms with Crippen LogP contribution >= 0.6 is 0 Å². The molecule has 3 aromatic rings. The summed E-state index contributed by atoms with van der Waals surface area (Å²) in [6.45, 7) is 5.82. The highest BCUT2D eigenvalue weighted by molar-refractivity contribution is 5.26. The molecule has 1 atom stereocenters. The number of nitrogens with zero attached hydrogens (tertiary/aromatic N) is 4. The van der Waals surface area contributed by atoms with E-state index in [4.69, 9.17) is 0 Å². The van der Waals surface area contributed by atoms with E-state index in [2.05, 4.69) is 35.1 Å². The van der Waals surface area contributed by atoms with Crippen LogP contribution in [0.5, 0.6) is 5.75 Å². The number of halogens is 1. The smallest absolute Gasteiger partial charge is 0.126 e. The molecule has 0 spiro atoms. The number of aryl methyl sites for hydroxylation is 2. The fourth-order valence-corrected chi connectivity index (χ4v) is 5.12. The van der Waals surface area contributed by atoms with Crippen molar-refractivity contribution in [1.82, 2.24) is 19.6 Å². The summed E-state index contributed by atoms with van der Waals surface area (Å²) in [5, 5.41) is 14.0. The van der Waals surface area contributed by atoms with Crippen LogP contribution in [0.4, 0.5) is 4.39 Å². The van der Waals surface area contributed by atoms with Crippen LogP contribution in [-0.2, 0) is 26.6 Å². The van der Waals surface area contributed by atoms with Crippen LogP contribution < -0.4 is 0 Å². The predicted octanol–water partition coefficient (Wildman–Crippen LogP) is 4.53. The Bertz CT molecular complexity index is 1040. The van der Waals surface area contributed by atoms with Gasteiger partial charge in [0.1, 0.15) is 11.6 Å². The number of hydrogen-bond acceptors (Lipinski definition) is 4. The number of rotatable bonds is 8. The van der Waals surface area contributed by atoms with E-state index in [9.17, 15) is 9.50 Å². The van der Waals surface area contributed by atoms with Crippen molar-refractivity contribution < 1.29 is 9.50 Å². The summed E-state index contributed by atoms with van der Waals surface area (Å²) in [5.74, 6) is 0.696. The van der Waals surface area contributed by atoms with Gasteiger partial charge in [-0.15, -0.1) is 0 Å². The largest absolute Gasteiger partial charge is 0.508 e. The van der Waals surface area contributed by atoms with E-state index in [0.717, 1.165) is 50.3 Å². The molecule has 1 saturated heterocycles. The topological polar surface area (TPSA) is 44.5 Å². The summed E-state index contributed by atoms with van der Waals surface area (Å²) in [6, 6.07) is 14.9. The lowest BCUT2D eigenvalue weighted by Gasteiger charge is -2.40. The van der Waals surface area contributed by atoms with Crippen LogP contribution in [-0.4, -0.2) is 50.9 Å². The molecule has 0 unspecified atom stereocenters. The summed E-state index contributed by atoms with van der Waals surface area (Å²) >= 11 is 0. The quantitative estimate of drug-likeness (QED) is 0.548. The van der Waals surface area contributed by atoms with Crippen molar-refractivity contribution in [3.63, 3.8) is 0 Å². The minimum Gasteiger partial charge on any atom is -0.508 e. The average Bonchev–Trinajstić information content (AvgIpc) is 3.11. The van der Waals surface area contributed by atoms with Gasteiger partial charge in [0.2, 0.25) is 0 Å². The van der Waals surface area contributed by atoms with Gasteiger partial charge in [0, 0.05) is 37.9 Å². The van der Waals surface area contributed by atoms with Gasteiger partial charge in [-0.1, -0.05) is 30.3 Å². The summed E-state index contributed by atoms with van der Waals surface area (Å²) in [5.41, 5.74) is 4.29. The fourth-order valence-electron chi connectivity index (χ4n) is 5.12. The van der Waals surface area contributed by atoms with E-state index < -0.39 is 0 Å². The molecule has 6 heteroatoms. The highest BCUT2D eigenvalue weighted by Crippen LogP contribution is 2.29. The lowest BCUT2D eigenvalue weighted by Crippen LogP contribution is -2.45. The minimum atomic E-state index is -0.113. The third-order valence-corrected chi connectivity index (χ3v) is 7.01. The maximum absolute atomic E-state index is 14.5. The second-order valence-corrected chi connectivity index (χ2v) is 9.47. The number of aromatic hydroxyl groups is 1. The molecule has 176 valence electrons. The first-order valence-electron chi connectivity index (χ1n) is 11.8. The third kappa shape index (κ3) is 6.01. The van der Waals surface area contributed by atoms with Gasteiger partial charge in [0.25, 0.3) is 0 Å². The van der Waals surface area contributed by atoms with E-state index in [0.29, 0.717) is 18.1 Å². The molecule has 0 bridgehead atoms. The number of phenols is 1. The Balaban J connectivity index is 1.45. The van der Waals surface area contributed by atoms with E-state index in [1.807, 2.05) is 36.0 Å². The summed E-state index contributed by atoms with van der Waals surface area (Å²) in [6.07, 6.45) is 4.98. The van der Waals surface area contributed by atoms with Crippen molar-refractivity contribution in [3.8, 4) is 5.75 Å². The fraction of sp³-hybridized carbons (Fsp3) is 0.444. The molecule has 0 aliphatic carbocycles. The lowest BCUT2D eigenvalue weighted by molar-refractivity contribution is 0.0948. The normalized spacial score (nSPS) is 16.4. The summed E-state index contributed by atoms with van der Waals surface area (Å²) < 4.78 is 16.4. The number of phenolic OH excluding ortho intramolecular Hbond substituents is 1. The van der Waals surface area contributed by atoms with Crippen molar-refractivity contribution in [2.24, 2.45) is 13.0 Å². The van der Waals surface area contributed by atoms with Crippen LogP contribution in [0.25, 0.3) is 0 Å². The van der Waals surface area contributed by atoms with E-state index >= 15 is 0 Å². The van der Waals surface area contributed by atoms with Gasteiger partial charge < -0.3 is 5.11 Å². The maximum Gasteiger partial charge on any atom is 0.126 e. The van der Waals surface area contributed by atoms with Crippen molar-refractivity contribution in [3.05, 3.63) is 82.9 Å². The molecule has 4 rings (SSSR count). The average molecular weight is 451 g/mol. The number of aromatic nitrogens is 2. The molecule has 0 radical (unpaired) electrons. The van der Waals surface area contributed by atoms with Crippen molar-refractivity contribution in [2.45, 2.75) is 45.3 Å². The Kier molecular flexibility index (Phi) is 7.46. The SMILES string of the molecule is Cc1nn(C)cc1CN(C)[C@H](Cc1ccccc1F)C1CCN(Cc2ccc(O)cc2)CC1. The van der Waals surface area contributed by atoms with Crippen LogP contribution in [0, 0.1) is 18.7 Å². The van der Waals surface area contributed by atoms with Gasteiger partial charge in [0.15, 0.2) is 0 Å². The zero-order valence-corrected chi connectivity index (χ0v) is 19.9. The predicted molar refractivity (Wildman–Crippen MR) is 129 cm³/mol. The van der Waals surface area contributed by atoms with Crippen LogP contribution in [0.3, 0.4) is 0 Å². The Hall–Kier alpha value is -2.70. The summed E-state index contributed by atoms with van der Waals surface area (Å²) in [7, 11) is 4.12. The number of hydrogen-bond donors (Lipinski definition) is 1.